The maximum atomic E-state index is 12.7. The Bertz CT molecular complexity index is 807. The molecule has 1 aromatic carbocycles. The Balaban J connectivity index is 1.93. The van der Waals surface area contributed by atoms with E-state index in [1.165, 1.54) is 0 Å². The largest absolute Gasteiger partial charge is 0.453 e. The van der Waals surface area contributed by atoms with Crippen molar-refractivity contribution >= 4 is 11.8 Å². The highest BCUT2D eigenvalue weighted by Crippen LogP contribution is 2.12. The zero-order valence-electron chi connectivity index (χ0n) is 16.8. The van der Waals surface area contributed by atoms with Gasteiger partial charge in [-0.25, -0.2) is 4.79 Å². The van der Waals surface area contributed by atoms with E-state index in [1.807, 2.05) is 30.3 Å². The second-order valence-corrected chi connectivity index (χ2v) is 6.68. The Kier molecular flexibility index (Phi) is 9.28. The van der Waals surface area contributed by atoms with Crippen molar-refractivity contribution in [1.29, 1.82) is 0 Å². The minimum absolute atomic E-state index is 0.0915. The number of esters is 1. The van der Waals surface area contributed by atoms with E-state index in [0.717, 1.165) is 5.56 Å². The smallest absolute Gasteiger partial charge is 0.328 e. The number of carbonyl (C=O) groups excluding carboxylic acids is 2. The molecule has 0 amide bonds. The van der Waals surface area contributed by atoms with E-state index in [0.29, 0.717) is 18.5 Å². The summed E-state index contributed by atoms with van der Waals surface area (Å²) in [6.07, 6.45) is 7.24. The van der Waals surface area contributed by atoms with Crippen LogP contribution in [0.1, 0.15) is 25.8 Å². The molecular formula is C23H28N2O4. The first-order chi connectivity index (χ1) is 14.0. The number of hydrogen-bond acceptors (Lipinski definition) is 6. The number of benzene rings is 1. The van der Waals surface area contributed by atoms with Gasteiger partial charge in [-0.15, -0.1) is 5.73 Å². The normalized spacial score (nSPS) is 15.9. The van der Waals surface area contributed by atoms with Crippen LogP contribution in [0.25, 0.3) is 0 Å². The van der Waals surface area contributed by atoms with Crippen molar-refractivity contribution in [3.05, 3.63) is 77.6 Å². The summed E-state index contributed by atoms with van der Waals surface area (Å²) in [5, 5.41) is 15.9. The molecule has 3 N–H and O–H groups in total. The summed E-state index contributed by atoms with van der Waals surface area (Å²) in [5.74, 6) is -0.844. The van der Waals surface area contributed by atoms with E-state index in [-0.39, 0.29) is 12.3 Å². The minimum Gasteiger partial charge on any atom is -0.453 e. The molecule has 3 unspecified atom stereocenters. The van der Waals surface area contributed by atoms with Gasteiger partial charge in [-0.1, -0.05) is 49.4 Å². The van der Waals surface area contributed by atoms with E-state index in [9.17, 15) is 14.7 Å². The van der Waals surface area contributed by atoms with Crippen LogP contribution in [0.5, 0.6) is 0 Å². The topological polar surface area (TPSA) is 87.7 Å². The Morgan fingerprint density at radius 2 is 1.97 bits per heavy atom. The molecule has 1 aliphatic rings. The fourth-order valence-corrected chi connectivity index (χ4v) is 2.65. The molecule has 29 heavy (non-hydrogen) atoms. The van der Waals surface area contributed by atoms with Gasteiger partial charge in [-0.2, -0.15) is 0 Å². The number of Topliss-reactive ketones (excluding diaryl/α,β-unsaturated/α-hetero) is 1. The highest BCUT2D eigenvalue weighted by molar-refractivity contribution is 5.88. The third-order valence-corrected chi connectivity index (χ3v) is 4.39. The van der Waals surface area contributed by atoms with Crippen LogP contribution in [0.4, 0.5) is 0 Å². The standard InChI is InChI=1S/C23H28N2O4/c1-3-21(27)25-22(19-13-9-4-5-10-14-19)23(28)29-17(2)20(26)16-24-15-18-11-7-6-8-12-18/h4,6-14,17,21-22,24-25,27H,3,15-16H2,1-2H3. The first kappa shape index (κ1) is 22.5. The van der Waals surface area contributed by atoms with E-state index >= 15 is 0 Å². The first-order valence-corrected chi connectivity index (χ1v) is 9.72. The summed E-state index contributed by atoms with van der Waals surface area (Å²) in [6.45, 7) is 3.99. The minimum atomic E-state index is -0.905. The number of rotatable bonds is 11. The molecule has 154 valence electrons. The van der Waals surface area contributed by atoms with Gasteiger partial charge in [-0.3, -0.25) is 10.1 Å². The number of hydrogen-bond donors (Lipinski definition) is 3. The van der Waals surface area contributed by atoms with Crippen molar-refractivity contribution in [2.75, 3.05) is 6.54 Å². The quantitative estimate of drug-likeness (QED) is 0.302. The van der Waals surface area contributed by atoms with Gasteiger partial charge in [0.15, 0.2) is 11.9 Å². The number of nitrogens with one attached hydrogen (secondary N) is 2. The lowest BCUT2D eigenvalue weighted by Crippen LogP contribution is -2.46. The Hall–Kier alpha value is -2.76. The molecule has 2 rings (SSSR count). The number of allylic oxidation sites excluding steroid dienone is 3. The van der Waals surface area contributed by atoms with Crippen molar-refractivity contribution in [3.63, 3.8) is 0 Å². The van der Waals surface area contributed by atoms with E-state index in [2.05, 4.69) is 16.4 Å². The van der Waals surface area contributed by atoms with Gasteiger partial charge in [0.2, 0.25) is 0 Å². The predicted molar refractivity (Wildman–Crippen MR) is 112 cm³/mol. The molecule has 0 bridgehead atoms. The number of ketones is 1. The molecule has 0 aliphatic heterocycles. The Morgan fingerprint density at radius 1 is 1.21 bits per heavy atom. The molecule has 3 atom stereocenters. The summed E-state index contributed by atoms with van der Waals surface area (Å²) in [4.78, 5) is 25.1. The fourth-order valence-electron chi connectivity index (χ4n) is 2.65. The van der Waals surface area contributed by atoms with E-state index in [4.69, 9.17) is 4.74 Å². The number of ether oxygens (including phenoxy) is 1. The third kappa shape index (κ3) is 7.64. The van der Waals surface area contributed by atoms with Crippen LogP contribution in [-0.2, 0) is 20.9 Å². The average Bonchev–Trinajstić information content (AvgIpc) is 3.01. The lowest BCUT2D eigenvalue weighted by molar-refractivity contribution is -0.155. The molecule has 0 saturated heterocycles. The summed E-state index contributed by atoms with van der Waals surface area (Å²) in [5.41, 5.74) is 4.60. The van der Waals surface area contributed by atoms with Crippen molar-refractivity contribution in [2.24, 2.45) is 0 Å². The summed E-state index contributed by atoms with van der Waals surface area (Å²) in [6, 6.07) is 8.84. The molecule has 0 spiro atoms. The fraction of sp³-hybridized carbons (Fsp3) is 0.348. The van der Waals surface area contributed by atoms with Crippen LogP contribution >= 0.6 is 0 Å². The van der Waals surface area contributed by atoms with Gasteiger partial charge in [0, 0.05) is 6.54 Å². The molecule has 0 fully saturated rings. The molecule has 6 heteroatoms. The number of aliphatic hydroxyl groups is 1. The number of carbonyl (C=O) groups is 2. The summed E-state index contributed by atoms with van der Waals surface area (Å²) in [7, 11) is 0. The maximum absolute atomic E-state index is 12.7. The SMILES string of the molecule is CCC(O)NC(C(=O)OC(C)C(=O)CNCc1ccccc1)C1=CC=C=CC=C1. The van der Waals surface area contributed by atoms with E-state index in [1.54, 1.807) is 44.2 Å². The van der Waals surface area contributed by atoms with Crippen LogP contribution in [0.2, 0.25) is 0 Å². The highest BCUT2D eigenvalue weighted by atomic mass is 16.5. The second-order valence-electron chi connectivity index (χ2n) is 6.68. The molecular weight excluding hydrogens is 368 g/mol. The summed E-state index contributed by atoms with van der Waals surface area (Å²) >= 11 is 0. The molecule has 0 radical (unpaired) electrons. The van der Waals surface area contributed by atoms with E-state index < -0.39 is 24.3 Å². The van der Waals surface area contributed by atoms with Crippen molar-refractivity contribution < 1.29 is 19.4 Å². The molecule has 0 aromatic heterocycles. The zero-order chi connectivity index (χ0) is 21.1. The van der Waals surface area contributed by atoms with Crippen LogP contribution in [0, 0.1) is 0 Å². The Labute approximate surface area is 171 Å². The highest BCUT2D eigenvalue weighted by Gasteiger charge is 2.28. The van der Waals surface area contributed by atoms with Gasteiger partial charge >= 0.3 is 5.97 Å². The van der Waals surface area contributed by atoms with Crippen LogP contribution < -0.4 is 10.6 Å². The van der Waals surface area contributed by atoms with Crippen LogP contribution in [0.3, 0.4) is 0 Å². The van der Waals surface area contributed by atoms with Gasteiger partial charge in [0.25, 0.3) is 0 Å². The van der Waals surface area contributed by atoms with Crippen molar-refractivity contribution in [1.82, 2.24) is 10.6 Å². The maximum Gasteiger partial charge on any atom is 0.328 e. The van der Waals surface area contributed by atoms with Gasteiger partial charge in [0.1, 0.15) is 12.3 Å². The molecule has 6 nitrogen and oxygen atoms in total. The number of aliphatic hydroxyl groups excluding tert-OH is 1. The van der Waals surface area contributed by atoms with Gasteiger partial charge < -0.3 is 15.2 Å². The van der Waals surface area contributed by atoms with Gasteiger partial charge in [0.05, 0.1) is 6.54 Å². The Morgan fingerprint density at radius 3 is 2.69 bits per heavy atom. The molecule has 1 aliphatic carbocycles. The third-order valence-electron chi connectivity index (χ3n) is 4.39. The monoisotopic (exact) mass is 396 g/mol. The van der Waals surface area contributed by atoms with Crippen LogP contribution in [-0.4, -0.2) is 41.8 Å². The van der Waals surface area contributed by atoms with Crippen LogP contribution in [0.15, 0.2) is 72.0 Å². The van der Waals surface area contributed by atoms with Crippen molar-refractivity contribution in [3.8, 4) is 0 Å². The van der Waals surface area contributed by atoms with Gasteiger partial charge in [-0.05, 0) is 42.7 Å². The van der Waals surface area contributed by atoms with Crippen molar-refractivity contribution in [2.45, 2.75) is 45.2 Å². The summed E-state index contributed by atoms with van der Waals surface area (Å²) < 4.78 is 5.40. The predicted octanol–water partition coefficient (Wildman–Crippen LogP) is 2.17. The lowest BCUT2D eigenvalue weighted by atomic mass is 10.1. The molecule has 0 heterocycles. The molecule has 0 saturated carbocycles. The lowest BCUT2D eigenvalue weighted by Gasteiger charge is -2.23. The second kappa shape index (κ2) is 11.9. The average molecular weight is 396 g/mol. The zero-order valence-corrected chi connectivity index (χ0v) is 16.8. The first-order valence-electron chi connectivity index (χ1n) is 9.72. The molecule has 1 aromatic rings.